The Bertz CT molecular complexity index is 728. The number of thiophene rings is 1. The first-order valence-electron chi connectivity index (χ1n) is 6.23. The van der Waals surface area contributed by atoms with E-state index in [1.807, 2.05) is 29.6 Å². The Morgan fingerprint density at radius 3 is 2.84 bits per heavy atom. The molecule has 5 heteroatoms. The summed E-state index contributed by atoms with van der Waals surface area (Å²) in [5, 5.41) is 3.12. The van der Waals surface area contributed by atoms with Crippen molar-refractivity contribution in [3.05, 3.63) is 35.2 Å². The molecular weight excluding hydrogens is 280 g/mol. The molecule has 1 saturated heterocycles. The van der Waals surface area contributed by atoms with Gasteiger partial charge in [0.15, 0.2) is 9.84 Å². The van der Waals surface area contributed by atoms with E-state index in [-0.39, 0.29) is 23.2 Å². The van der Waals surface area contributed by atoms with Crippen LogP contribution in [0.25, 0.3) is 10.1 Å². The van der Waals surface area contributed by atoms with Crippen molar-refractivity contribution in [2.24, 2.45) is 5.92 Å². The van der Waals surface area contributed by atoms with Crippen molar-refractivity contribution in [2.75, 3.05) is 11.5 Å². The van der Waals surface area contributed by atoms with Crippen LogP contribution >= 0.6 is 11.3 Å². The molecule has 0 radical (unpaired) electrons. The van der Waals surface area contributed by atoms with E-state index in [1.54, 1.807) is 11.3 Å². The van der Waals surface area contributed by atoms with Gasteiger partial charge in [0.05, 0.1) is 11.5 Å². The Labute approximate surface area is 116 Å². The fourth-order valence-electron chi connectivity index (χ4n) is 2.55. The predicted molar refractivity (Wildman–Crippen MR) is 77.3 cm³/mol. The molecule has 1 aromatic heterocycles. The summed E-state index contributed by atoms with van der Waals surface area (Å²) in [6, 6.07) is 7.99. The van der Waals surface area contributed by atoms with Gasteiger partial charge in [-0.2, -0.15) is 0 Å². The van der Waals surface area contributed by atoms with Gasteiger partial charge in [0.1, 0.15) is 5.78 Å². The van der Waals surface area contributed by atoms with Crippen LogP contribution < -0.4 is 0 Å². The van der Waals surface area contributed by atoms with E-state index in [2.05, 4.69) is 0 Å². The molecule has 1 aliphatic heterocycles. The van der Waals surface area contributed by atoms with E-state index in [0.717, 1.165) is 10.9 Å². The lowest BCUT2D eigenvalue weighted by Crippen LogP contribution is -2.17. The van der Waals surface area contributed by atoms with Crippen LogP contribution in [0.15, 0.2) is 29.6 Å². The molecule has 1 aromatic carbocycles. The van der Waals surface area contributed by atoms with Crippen molar-refractivity contribution in [1.82, 2.24) is 0 Å². The molecule has 0 spiro atoms. The Morgan fingerprint density at radius 2 is 2.11 bits per heavy atom. The third-order valence-corrected chi connectivity index (χ3v) is 6.39. The summed E-state index contributed by atoms with van der Waals surface area (Å²) in [6.45, 7) is 0. The van der Waals surface area contributed by atoms with Crippen molar-refractivity contribution in [3.63, 3.8) is 0 Å². The van der Waals surface area contributed by atoms with Crippen molar-refractivity contribution < 1.29 is 13.2 Å². The molecule has 100 valence electrons. The number of carbonyl (C=O) groups excluding carboxylic acids is 1. The zero-order valence-corrected chi connectivity index (χ0v) is 12.0. The third-order valence-electron chi connectivity index (χ3n) is 3.61. The fourth-order valence-corrected chi connectivity index (χ4v) is 5.29. The molecule has 1 unspecified atom stereocenters. The Balaban J connectivity index is 1.80. The monoisotopic (exact) mass is 294 g/mol. The Hall–Kier alpha value is -1.20. The summed E-state index contributed by atoms with van der Waals surface area (Å²) in [7, 11) is -2.98. The number of benzene rings is 1. The molecule has 0 aliphatic carbocycles. The molecule has 0 N–H and O–H groups in total. The highest BCUT2D eigenvalue weighted by Gasteiger charge is 2.32. The number of hydrogen-bond donors (Lipinski definition) is 0. The summed E-state index contributed by atoms with van der Waals surface area (Å²) >= 11 is 1.63. The summed E-state index contributed by atoms with van der Waals surface area (Å²) in [5.41, 5.74) is 1.02. The van der Waals surface area contributed by atoms with Crippen molar-refractivity contribution >= 4 is 37.0 Å². The van der Waals surface area contributed by atoms with Gasteiger partial charge in [-0.25, -0.2) is 8.42 Å². The minimum absolute atomic E-state index is 0.0356. The number of hydrogen-bond acceptors (Lipinski definition) is 4. The molecule has 3 nitrogen and oxygen atoms in total. The number of carbonyl (C=O) groups is 1. The van der Waals surface area contributed by atoms with Gasteiger partial charge in [-0.1, -0.05) is 18.2 Å². The molecule has 0 amide bonds. The highest BCUT2D eigenvalue weighted by molar-refractivity contribution is 7.91. The van der Waals surface area contributed by atoms with Crippen molar-refractivity contribution in [2.45, 2.75) is 12.8 Å². The van der Waals surface area contributed by atoms with Gasteiger partial charge < -0.3 is 0 Å². The van der Waals surface area contributed by atoms with Gasteiger partial charge >= 0.3 is 0 Å². The predicted octanol–water partition coefficient (Wildman–Crippen LogP) is 2.45. The largest absolute Gasteiger partial charge is 0.299 e. The average molecular weight is 294 g/mol. The van der Waals surface area contributed by atoms with Crippen LogP contribution in [0.2, 0.25) is 0 Å². The van der Waals surface area contributed by atoms with Gasteiger partial charge in [-0.05, 0) is 28.8 Å². The van der Waals surface area contributed by atoms with Gasteiger partial charge in [-0.3, -0.25) is 4.79 Å². The van der Waals surface area contributed by atoms with Crippen LogP contribution in [-0.4, -0.2) is 25.7 Å². The quantitative estimate of drug-likeness (QED) is 0.873. The Morgan fingerprint density at radius 1 is 1.32 bits per heavy atom. The van der Waals surface area contributed by atoms with Crippen molar-refractivity contribution in [3.8, 4) is 0 Å². The number of Topliss-reactive ketones (excluding diaryl/α,β-unsaturated/α-hetero) is 1. The molecule has 1 aliphatic rings. The SMILES string of the molecule is O=C(Cc1csc2ccccc12)C1CCS(=O)(=O)C1. The number of fused-ring (bicyclic) bond motifs is 1. The van der Waals surface area contributed by atoms with Gasteiger partial charge in [-0.15, -0.1) is 11.3 Å². The Kier molecular flexibility index (Phi) is 3.19. The highest BCUT2D eigenvalue weighted by atomic mass is 32.2. The van der Waals surface area contributed by atoms with Gasteiger partial charge in [0.25, 0.3) is 0 Å². The van der Waals surface area contributed by atoms with E-state index in [4.69, 9.17) is 0 Å². The number of sulfone groups is 1. The van der Waals surface area contributed by atoms with Crippen LogP contribution in [0.5, 0.6) is 0 Å². The van der Waals surface area contributed by atoms with Crippen LogP contribution in [0.1, 0.15) is 12.0 Å². The first kappa shape index (κ1) is 12.8. The van der Waals surface area contributed by atoms with Crippen molar-refractivity contribution in [1.29, 1.82) is 0 Å². The van der Waals surface area contributed by atoms with Crippen LogP contribution in [0.4, 0.5) is 0 Å². The zero-order chi connectivity index (χ0) is 13.5. The highest BCUT2D eigenvalue weighted by Crippen LogP contribution is 2.28. The van der Waals surface area contributed by atoms with E-state index in [9.17, 15) is 13.2 Å². The topological polar surface area (TPSA) is 51.2 Å². The second-order valence-corrected chi connectivity index (χ2v) is 8.14. The first-order chi connectivity index (χ1) is 9.05. The second kappa shape index (κ2) is 4.72. The lowest BCUT2D eigenvalue weighted by atomic mass is 9.97. The molecule has 2 aromatic rings. The normalized spacial score (nSPS) is 21.8. The van der Waals surface area contributed by atoms with E-state index < -0.39 is 9.84 Å². The summed E-state index contributed by atoms with van der Waals surface area (Å²) < 4.78 is 24.0. The number of ketones is 1. The second-order valence-electron chi connectivity index (χ2n) is 5.00. The molecule has 1 atom stereocenters. The lowest BCUT2D eigenvalue weighted by Gasteiger charge is -2.05. The third kappa shape index (κ3) is 2.58. The maximum Gasteiger partial charge on any atom is 0.151 e. The van der Waals surface area contributed by atoms with E-state index >= 15 is 0 Å². The van der Waals surface area contributed by atoms with E-state index in [0.29, 0.717) is 12.8 Å². The van der Waals surface area contributed by atoms with E-state index in [1.165, 1.54) is 4.70 Å². The van der Waals surface area contributed by atoms with Crippen LogP contribution in [0.3, 0.4) is 0 Å². The maximum absolute atomic E-state index is 12.2. The average Bonchev–Trinajstić information content (AvgIpc) is 2.94. The molecular formula is C14H14O3S2. The summed E-state index contributed by atoms with van der Waals surface area (Å²) in [6.07, 6.45) is 0.841. The lowest BCUT2D eigenvalue weighted by molar-refractivity contribution is -0.121. The molecule has 3 rings (SSSR count). The van der Waals surface area contributed by atoms with Crippen LogP contribution in [-0.2, 0) is 21.1 Å². The zero-order valence-electron chi connectivity index (χ0n) is 10.3. The summed E-state index contributed by atoms with van der Waals surface area (Å²) in [5.74, 6) is -0.0462. The standard InChI is InChI=1S/C14H14O3S2/c15-13(10-5-6-19(16,17)9-10)7-11-8-18-14-4-2-1-3-12(11)14/h1-4,8,10H,5-7,9H2. The number of rotatable bonds is 3. The minimum Gasteiger partial charge on any atom is -0.299 e. The van der Waals surface area contributed by atoms with Gasteiger partial charge in [0, 0.05) is 17.0 Å². The molecule has 1 fully saturated rings. The smallest absolute Gasteiger partial charge is 0.151 e. The molecule has 0 bridgehead atoms. The van der Waals surface area contributed by atoms with Gasteiger partial charge in [0.2, 0.25) is 0 Å². The first-order valence-corrected chi connectivity index (χ1v) is 8.93. The van der Waals surface area contributed by atoms with Crippen LogP contribution in [0, 0.1) is 5.92 Å². The summed E-state index contributed by atoms with van der Waals surface area (Å²) in [4.78, 5) is 12.2. The molecule has 19 heavy (non-hydrogen) atoms. The minimum atomic E-state index is -2.98. The molecule has 2 heterocycles. The maximum atomic E-state index is 12.2. The fraction of sp³-hybridized carbons (Fsp3) is 0.357. The molecule has 0 saturated carbocycles.